The van der Waals surface area contributed by atoms with Crippen LogP contribution in [0.3, 0.4) is 0 Å². The van der Waals surface area contributed by atoms with E-state index in [4.69, 9.17) is 5.73 Å². The third-order valence-corrected chi connectivity index (χ3v) is 5.32. The lowest BCUT2D eigenvalue weighted by Gasteiger charge is -2.17. The SMILES string of the molecule is Cc1cc(F)ccc1-n1cc(C(=O)N2CC3CCC(N)C3C2)nn1.Cl. The highest BCUT2D eigenvalue weighted by molar-refractivity contribution is 5.92. The van der Waals surface area contributed by atoms with E-state index in [9.17, 15) is 9.18 Å². The molecule has 1 amide bonds. The summed E-state index contributed by atoms with van der Waals surface area (Å²) < 4.78 is 14.7. The molecule has 3 unspecified atom stereocenters. The van der Waals surface area contributed by atoms with Crippen molar-refractivity contribution < 1.29 is 9.18 Å². The lowest BCUT2D eigenvalue weighted by molar-refractivity contribution is 0.0773. The van der Waals surface area contributed by atoms with E-state index in [1.165, 1.54) is 16.8 Å². The van der Waals surface area contributed by atoms with Crippen molar-refractivity contribution in [2.24, 2.45) is 17.6 Å². The smallest absolute Gasteiger partial charge is 0.276 e. The molecule has 3 atom stereocenters. The van der Waals surface area contributed by atoms with Crippen LogP contribution in [0.2, 0.25) is 0 Å². The average Bonchev–Trinajstić information content (AvgIpc) is 3.24. The lowest BCUT2D eigenvalue weighted by Crippen LogP contribution is -2.33. The van der Waals surface area contributed by atoms with Crippen LogP contribution in [0.25, 0.3) is 5.69 Å². The van der Waals surface area contributed by atoms with Gasteiger partial charge in [-0.1, -0.05) is 5.21 Å². The number of nitrogens with two attached hydrogens (primary N) is 1. The van der Waals surface area contributed by atoms with Gasteiger partial charge in [-0.25, -0.2) is 9.07 Å². The molecule has 0 spiro atoms. The Morgan fingerprint density at radius 3 is 2.84 bits per heavy atom. The van der Waals surface area contributed by atoms with Crippen molar-refractivity contribution >= 4 is 18.3 Å². The minimum atomic E-state index is -0.299. The molecule has 25 heavy (non-hydrogen) atoms. The number of aromatic nitrogens is 3. The number of hydrogen-bond donors (Lipinski definition) is 1. The second-order valence-corrected chi connectivity index (χ2v) is 6.85. The predicted molar refractivity (Wildman–Crippen MR) is 93.4 cm³/mol. The Hall–Kier alpha value is -1.99. The number of nitrogens with zero attached hydrogens (tertiary/aromatic N) is 4. The van der Waals surface area contributed by atoms with Gasteiger partial charge in [0.25, 0.3) is 5.91 Å². The van der Waals surface area contributed by atoms with Gasteiger partial charge >= 0.3 is 0 Å². The van der Waals surface area contributed by atoms with E-state index < -0.39 is 0 Å². The van der Waals surface area contributed by atoms with Crippen molar-refractivity contribution in [3.05, 3.63) is 41.5 Å². The Morgan fingerprint density at radius 1 is 1.32 bits per heavy atom. The number of likely N-dealkylation sites (tertiary alicyclic amines) is 1. The van der Waals surface area contributed by atoms with Crippen LogP contribution < -0.4 is 5.73 Å². The number of halogens is 2. The molecule has 2 aromatic rings. The first kappa shape index (κ1) is 17.8. The molecule has 2 fully saturated rings. The molecule has 2 N–H and O–H groups in total. The van der Waals surface area contributed by atoms with Crippen LogP contribution in [-0.2, 0) is 0 Å². The predicted octanol–water partition coefficient (Wildman–Crippen LogP) is 1.95. The molecule has 4 rings (SSSR count). The normalized spacial score (nSPS) is 24.9. The molecule has 1 aromatic carbocycles. The standard InChI is InChI=1S/C17H20FN5O.ClH/c1-10-6-12(18)3-5-16(10)23-9-15(20-21-23)17(24)22-7-11-2-4-14(19)13(11)8-22;/h3,5-6,9,11,13-14H,2,4,7-8,19H2,1H3;1H. The Kier molecular flexibility index (Phi) is 4.79. The van der Waals surface area contributed by atoms with Crippen LogP contribution in [0.1, 0.15) is 28.9 Å². The first-order valence-corrected chi connectivity index (χ1v) is 8.26. The summed E-state index contributed by atoms with van der Waals surface area (Å²) in [6.07, 6.45) is 3.76. The number of benzene rings is 1. The van der Waals surface area contributed by atoms with Crippen LogP contribution >= 0.6 is 12.4 Å². The van der Waals surface area contributed by atoms with Gasteiger partial charge in [-0.05, 0) is 55.4 Å². The number of aryl methyl sites for hydroxylation is 1. The van der Waals surface area contributed by atoms with Crippen LogP contribution in [-0.4, -0.2) is 44.9 Å². The number of carbonyl (C=O) groups is 1. The Bertz CT molecular complexity index is 795. The summed E-state index contributed by atoms with van der Waals surface area (Å²) in [6.45, 7) is 3.25. The first-order valence-electron chi connectivity index (χ1n) is 8.26. The molecule has 0 bridgehead atoms. The highest BCUT2D eigenvalue weighted by Gasteiger charge is 2.43. The van der Waals surface area contributed by atoms with Gasteiger partial charge < -0.3 is 10.6 Å². The molecule has 1 aliphatic heterocycles. The summed E-state index contributed by atoms with van der Waals surface area (Å²) in [6, 6.07) is 4.63. The van der Waals surface area contributed by atoms with Gasteiger partial charge in [-0.15, -0.1) is 17.5 Å². The number of fused-ring (bicyclic) bond motifs is 1. The minimum Gasteiger partial charge on any atom is -0.337 e. The molecule has 6 nitrogen and oxygen atoms in total. The van der Waals surface area contributed by atoms with Gasteiger partial charge in [0.1, 0.15) is 5.82 Å². The van der Waals surface area contributed by atoms with Crippen LogP contribution in [0, 0.1) is 24.6 Å². The van der Waals surface area contributed by atoms with Crippen LogP contribution in [0.4, 0.5) is 4.39 Å². The molecule has 1 aliphatic carbocycles. The molecule has 2 heterocycles. The van der Waals surface area contributed by atoms with Crippen molar-refractivity contribution in [3.8, 4) is 5.69 Å². The fourth-order valence-corrected chi connectivity index (χ4v) is 3.99. The summed E-state index contributed by atoms with van der Waals surface area (Å²) in [5, 5.41) is 8.04. The molecule has 0 radical (unpaired) electrons. The average molecular weight is 366 g/mol. The quantitative estimate of drug-likeness (QED) is 0.882. The van der Waals surface area contributed by atoms with E-state index in [0.717, 1.165) is 24.9 Å². The third kappa shape index (κ3) is 3.14. The van der Waals surface area contributed by atoms with E-state index in [1.807, 2.05) is 4.90 Å². The highest BCUT2D eigenvalue weighted by atomic mass is 35.5. The van der Waals surface area contributed by atoms with Gasteiger partial charge in [0.05, 0.1) is 11.9 Å². The van der Waals surface area contributed by atoms with Crippen LogP contribution in [0.15, 0.2) is 24.4 Å². The topological polar surface area (TPSA) is 77.0 Å². The zero-order valence-corrected chi connectivity index (χ0v) is 14.7. The van der Waals surface area contributed by atoms with Crippen molar-refractivity contribution in [2.45, 2.75) is 25.8 Å². The summed E-state index contributed by atoms with van der Waals surface area (Å²) in [4.78, 5) is 14.5. The second-order valence-electron chi connectivity index (χ2n) is 6.85. The lowest BCUT2D eigenvalue weighted by atomic mass is 9.98. The maximum atomic E-state index is 13.2. The van der Waals surface area contributed by atoms with E-state index in [-0.39, 0.29) is 30.2 Å². The first-order chi connectivity index (χ1) is 11.5. The zero-order valence-electron chi connectivity index (χ0n) is 13.9. The van der Waals surface area contributed by atoms with E-state index in [2.05, 4.69) is 10.3 Å². The van der Waals surface area contributed by atoms with Crippen molar-refractivity contribution in [1.29, 1.82) is 0 Å². The van der Waals surface area contributed by atoms with Crippen molar-refractivity contribution in [2.75, 3.05) is 13.1 Å². The van der Waals surface area contributed by atoms with Crippen molar-refractivity contribution in [1.82, 2.24) is 19.9 Å². The second kappa shape index (κ2) is 6.72. The van der Waals surface area contributed by atoms with Crippen molar-refractivity contribution in [3.63, 3.8) is 0 Å². The molecule has 134 valence electrons. The number of rotatable bonds is 2. The molecule has 1 saturated heterocycles. The van der Waals surface area contributed by atoms with Gasteiger partial charge in [0, 0.05) is 19.1 Å². The Labute approximate surface area is 151 Å². The van der Waals surface area contributed by atoms with E-state index in [0.29, 0.717) is 29.8 Å². The maximum Gasteiger partial charge on any atom is 0.276 e. The van der Waals surface area contributed by atoms with E-state index in [1.54, 1.807) is 19.2 Å². The van der Waals surface area contributed by atoms with E-state index >= 15 is 0 Å². The summed E-state index contributed by atoms with van der Waals surface area (Å²) in [5.41, 5.74) is 7.89. The minimum absolute atomic E-state index is 0. The molecular weight excluding hydrogens is 345 g/mol. The van der Waals surface area contributed by atoms with Gasteiger partial charge in [0.15, 0.2) is 5.69 Å². The third-order valence-electron chi connectivity index (χ3n) is 5.32. The maximum absolute atomic E-state index is 13.2. The highest BCUT2D eigenvalue weighted by Crippen LogP contribution is 2.37. The largest absolute Gasteiger partial charge is 0.337 e. The number of hydrogen-bond acceptors (Lipinski definition) is 4. The molecule has 1 saturated carbocycles. The molecule has 8 heteroatoms. The molecular formula is C17H21ClFN5O. The van der Waals surface area contributed by atoms with Gasteiger partial charge in [-0.2, -0.15) is 0 Å². The number of carbonyl (C=O) groups excluding carboxylic acids is 1. The van der Waals surface area contributed by atoms with Gasteiger partial charge in [0.2, 0.25) is 0 Å². The molecule has 1 aromatic heterocycles. The Morgan fingerprint density at radius 2 is 2.12 bits per heavy atom. The number of amides is 1. The fourth-order valence-electron chi connectivity index (χ4n) is 3.99. The zero-order chi connectivity index (χ0) is 16.8. The fraction of sp³-hybridized carbons (Fsp3) is 0.471. The van der Waals surface area contributed by atoms with Gasteiger partial charge in [-0.3, -0.25) is 4.79 Å². The van der Waals surface area contributed by atoms with Crippen LogP contribution in [0.5, 0.6) is 0 Å². The summed E-state index contributed by atoms with van der Waals surface area (Å²) >= 11 is 0. The summed E-state index contributed by atoms with van der Waals surface area (Å²) in [7, 11) is 0. The Balaban J connectivity index is 0.00000182. The summed E-state index contributed by atoms with van der Waals surface area (Å²) in [5.74, 6) is 0.511. The monoisotopic (exact) mass is 365 g/mol. The molecule has 2 aliphatic rings.